The van der Waals surface area contributed by atoms with Crippen molar-refractivity contribution in [2.45, 2.75) is 0 Å². The molecule has 6 nitrogen and oxygen atoms in total. The Balaban J connectivity index is 2.76. The molecule has 0 aliphatic heterocycles. The van der Waals surface area contributed by atoms with E-state index in [4.69, 9.17) is 5.84 Å². The second-order valence-corrected chi connectivity index (χ2v) is 1.85. The summed E-state index contributed by atoms with van der Waals surface area (Å²) >= 11 is 0. The Hall–Kier alpha value is -1.00. The van der Waals surface area contributed by atoms with Crippen LogP contribution in [0.3, 0.4) is 0 Å². The lowest BCUT2D eigenvalue weighted by molar-refractivity contribution is 0.596. The molecule has 1 heterocycles. The van der Waals surface area contributed by atoms with Crippen LogP contribution in [-0.2, 0) is 4.57 Å². The number of rotatable bonds is 2. The smallest absolute Gasteiger partial charge is 0.263 e. The monoisotopic (exact) mass is 145 g/mol. The Morgan fingerprint density at radius 2 is 2.67 bits per heavy atom. The minimum Gasteiger partial charge on any atom is -0.263 e. The Bertz CT molecular complexity index is 185. The molecule has 1 aromatic heterocycles. The predicted molar refractivity (Wildman–Crippen MR) is 30.7 cm³/mol. The summed E-state index contributed by atoms with van der Waals surface area (Å²) in [6.45, 7) is 0. The van der Waals surface area contributed by atoms with Gasteiger partial charge in [-0.3, -0.25) is 5.10 Å². The molecule has 0 saturated carbocycles. The number of nitrogens with one attached hydrogen (secondary N) is 1. The van der Waals surface area contributed by atoms with Gasteiger partial charge in [0.2, 0.25) is 0 Å². The van der Waals surface area contributed by atoms with E-state index in [0.717, 1.165) is 4.78 Å². The summed E-state index contributed by atoms with van der Waals surface area (Å²) in [5.74, 6) is 5.46. The first-order valence-corrected chi connectivity index (χ1v) is 2.85. The molecule has 0 unspecified atom stereocenters. The highest BCUT2D eigenvalue weighted by atomic mass is 31.1. The van der Waals surface area contributed by atoms with Gasteiger partial charge in [0.05, 0.1) is 6.20 Å². The van der Waals surface area contributed by atoms with E-state index in [-0.39, 0.29) is 8.61 Å². The zero-order chi connectivity index (χ0) is 6.69. The molecule has 0 aliphatic carbocycles. The van der Waals surface area contributed by atoms with Gasteiger partial charge in [-0.15, -0.1) is 5.10 Å². The van der Waals surface area contributed by atoms with Crippen LogP contribution in [0.25, 0.3) is 0 Å². The van der Waals surface area contributed by atoms with E-state index in [1.165, 1.54) is 6.20 Å². The van der Waals surface area contributed by atoms with Crippen LogP contribution in [0, 0.1) is 0 Å². The highest BCUT2D eigenvalue weighted by Crippen LogP contribution is 2.08. The zero-order valence-corrected chi connectivity index (χ0v) is 5.25. The lowest BCUT2D eigenvalue weighted by Crippen LogP contribution is -2.18. The Morgan fingerprint density at radius 1 is 1.89 bits per heavy atom. The summed E-state index contributed by atoms with van der Waals surface area (Å²) < 4.78 is 10.9. The molecule has 0 bridgehead atoms. The zero-order valence-electron chi connectivity index (χ0n) is 4.35. The fraction of sp³-hybridized carbons (Fsp3) is 0. The third-order valence-corrected chi connectivity index (χ3v) is 1.11. The van der Waals surface area contributed by atoms with Crippen LogP contribution in [0.2, 0.25) is 0 Å². The molecule has 0 atom stereocenters. The van der Waals surface area contributed by atoms with Gasteiger partial charge in [0, 0.05) is 0 Å². The molecule has 0 radical (unpaired) electrons. The van der Waals surface area contributed by atoms with Crippen LogP contribution < -0.4 is 10.6 Å². The van der Waals surface area contributed by atoms with Gasteiger partial charge in [-0.25, -0.2) is 15.2 Å². The Kier molecular flexibility index (Phi) is 1.72. The highest BCUT2D eigenvalue weighted by molar-refractivity contribution is 7.25. The first kappa shape index (κ1) is 6.12. The van der Waals surface area contributed by atoms with E-state index in [2.05, 4.69) is 15.4 Å². The van der Waals surface area contributed by atoms with E-state index in [1.54, 1.807) is 0 Å². The van der Waals surface area contributed by atoms with Gasteiger partial charge in [-0.05, 0) is 0 Å². The van der Waals surface area contributed by atoms with E-state index in [1.807, 2.05) is 0 Å². The number of nitrogens with two attached hydrogens (primary N) is 1. The summed E-state index contributed by atoms with van der Waals surface area (Å²) in [7, 11) is -0.307. The summed E-state index contributed by atoms with van der Waals surface area (Å²) in [4.78, 5) is 0. The Morgan fingerprint density at radius 3 is 3.11 bits per heavy atom. The molecule has 9 heavy (non-hydrogen) atoms. The SMILES string of the molecule is NN(P=O)c1c[nH]nn1. The number of hydrazine groups is 1. The van der Waals surface area contributed by atoms with Crippen LogP contribution in [0.5, 0.6) is 0 Å². The van der Waals surface area contributed by atoms with E-state index in [9.17, 15) is 4.57 Å². The van der Waals surface area contributed by atoms with Gasteiger partial charge in [0.25, 0.3) is 8.61 Å². The molecule has 0 saturated heterocycles. The number of aromatic amines is 1. The summed E-state index contributed by atoms with van der Waals surface area (Å²) in [6, 6.07) is 0. The number of aromatic nitrogens is 3. The maximum atomic E-state index is 10.0. The molecule has 1 aromatic rings. The van der Waals surface area contributed by atoms with Crippen LogP contribution in [-0.4, -0.2) is 15.4 Å². The summed E-state index contributed by atoms with van der Waals surface area (Å²) in [5, 5.41) is 9.25. The first-order chi connectivity index (χ1) is 4.34. The van der Waals surface area contributed by atoms with Crippen LogP contribution >= 0.6 is 8.61 Å². The Labute approximate surface area is 52.3 Å². The lowest BCUT2D eigenvalue weighted by atomic mass is 10.8. The quantitative estimate of drug-likeness (QED) is 0.338. The highest BCUT2D eigenvalue weighted by Gasteiger charge is 2.00. The second-order valence-electron chi connectivity index (χ2n) is 1.26. The number of anilines is 1. The number of hydrogen-bond donors (Lipinski definition) is 2. The van der Waals surface area contributed by atoms with Crippen LogP contribution in [0.1, 0.15) is 0 Å². The fourth-order valence-electron chi connectivity index (χ4n) is 0.349. The van der Waals surface area contributed by atoms with Gasteiger partial charge in [-0.1, -0.05) is 5.21 Å². The summed E-state index contributed by atoms with van der Waals surface area (Å²) in [6.07, 6.45) is 1.44. The topological polar surface area (TPSA) is 87.9 Å². The molecule has 48 valence electrons. The average Bonchev–Trinajstić information content (AvgIpc) is 2.37. The second kappa shape index (κ2) is 2.52. The predicted octanol–water partition coefficient (Wildman–Crippen LogP) is -0.309. The maximum Gasteiger partial charge on any atom is 0.299 e. The minimum absolute atomic E-state index is 0.307. The van der Waals surface area contributed by atoms with Gasteiger partial charge in [0.1, 0.15) is 0 Å². The van der Waals surface area contributed by atoms with E-state index < -0.39 is 0 Å². The fourth-order valence-corrected chi connectivity index (χ4v) is 0.531. The summed E-state index contributed by atoms with van der Waals surface area (Å²) in [5.41, 5.74) is 0. The van der Waals surface area contributed by atoms with Crippen molar-refractivity contribution in [2.75, 3.05) is 4.78 Å². The number of hydrogen-bond acceptors (Lipinski definition) is 4. The standard InChI is InChI=1S/C2H4N5OP/c3-7(9-8)2-1-4-6-5-2/h1H,3H2,(H,4,5,6). The van der Waals surface area contributed by atoms with Gasteiger partial charge in [0.15, 0.2) is 5.82 Å². The molecule has 0 amide bonds. The van der Waals surface area contributed by atoms with Gasteiger partial charge in [-0.2, -0.15) is 0 Å². The number of H-pyrrole nitrogens is 1. The molecule has 0 aliphatic rings. The molecular formula is C2H4N5OP. The average molecular weight is 145 g/mol. The maximum absolute atomic E-state index is 10.0. The normalized spacial score (nSPS) is 9.89. The minimum atomic E-state index is -0.307. The molecular weight excluding hydrogens is 141 g/mol. The van der Waals surface area contributed by atoms with Gasteiger partial charge < -0.3 is 0 Å². The molecule has 0 spiro atoms. The van der Waals surface area contributed by atoms with Crippen molar-refractivity contribution < 1.29 is 4.57 Å². The van der Waals surface area contributed by atoms with Crippen molar-refractivity contribution in [1.29, 1.82) is 0 Å². The first-order valence-electron chi connectivity index (χ1n) is 2.09. The third kappa shape index (κ3) is 1.22. The van der Waals surface area contributed by atoms with E-state index >= 15 is 0 Å². The van der Waals surface area contributed by atoms with Crippen LogP contribution in [0.15, 0.2) is 6.20 Å². The third-order valence-electron chi connectivity index (χ3n) is 0.727. The number of nitrogens with zero attached hydrogens (tertiary/aromatic N) is 3. The van der Waals surface area contributed by atoms with Crippen molar-refractivity contribution in [2.24, 2.45) is 5.84 Å². The molecule has 7 heteroatoms. The molecule has 3 N–H and O–H groups in total. The van der Waals surface area contributed by atoms with Crippen molar-refractivity contribution in [3.63, 3.8) is 0 Å². The van der Waals surface area contributed by atoms with Crippen molar-refractivity contribution in [3.8, 4) is 0 Å². The van der Waals surface area contributed by atoms with Crippen molar-refractivity contribution in [3.05, 3.63) is 6.20 Å². The van der Waals surface area contributed by atoms with E-state index in [0.29, 0.717) is 5.82 Å². The lowest BCUT2D eigenvalue weighted by Gasteiger charge is -1.99. The molecule has 1 rings (SSSR count). The van der Waals surface area contributed by atoms with Crippen molar-refractivity contribution in [1.82, 2.24) is 15.4 Å². The molecule has 0 fully saturated rings. The molecule has 0 aromatic carbocycles. The largest absolute Gasteiger partial charge is 0.299 e. The van der Waals surface area contributed by atoms with Gasteiger partial charge >= 0.3 is 0 Å². The van der Waals surface area contributed by atoms with Crippen molar-refractivity contribution >= 4 is 14.4 Å². The van der Waals surface area contributed by atoms with Crippen LogP contribution in [0.4, 0.5) is 5.82 Å².